The molecular formula is C16H16Cl2FN3O. The van der Waals surface area contributed by atoms with E-state index < -0.39 is 17.8 Å². The molecule has 1 atom stereocenters. The number of rotatable bonds is 4. The minimum atomic E-state index is -0.667. The number of carbonyl (C=O) groups is 1. The Morgan fingerprint density at radius 3 is 2.57 bits per heavy atom. The highest BCUT2D eigenvalue weighted by molar-refractivity contribution is 6.31. The van der Waals surface area contributed by atoms with Crippen LogP contribution in [0.5, 0.6) is 0 Å². The van der Waals surface area contributed by atoms with E-state index in [-0.39, 0.29) is 24.6 Å². The van der Waals surface area contributed by atoms with Crippen LogP contribution in [0.15, 0.2) is 48.5 Å². The molecule has 0 heterocycles. The van der Waals surface area contributed by atoms with E-state index in [0.29, 0.717) is 16.1 Å². The average Bonchev–Trinajstić information content (AvgIpc) is 2.45. The molecule has 0 fully saturated rings. The minimum absolute atomic E-state index is 0. The molecule has 0 aliphatic heterocycles. The van der Waals surface area contributed by atoms with Crippen molar-refractivity contribution in [2.24, 2.45) is 5.73 Å². The van der Waals surface area contributed by atoms with Gasteiger partial charge >= 0.3 is 0 Å². The summed E-state index contributed by atoms with van der Waals surface area (Å²) in [5.41, 5.74) is 6.48. The third-order valence-corrected chi connectivity index (χ3v) is 3.53. The summed E-state index contributed by atoms with van der Waals surface area (Å²) >= 11 is 6.16. The monoisotopic (exact) mass is 355 g/mol. The Kier molecular flexibility index (Phi) is 7.00. The molecule has 2 aromatic carbocycles. The molecule has 0 bridgehead atoms. The summed E-state index contributed by atoms with van der Waals surface area (Å²) in [7, 11) is 0. The molecule has 4 N–H and O–H groups in total. The lowest BCUT2D eigenvalue weighted by atomic mass is 9.91. The van der Waals surface area contributed by atoms with E-state index >= 15 is 0 Å². The average molecular weight is 356 g/mol. The molecule has 0 unspecified atom stereocenters. The Balaban J connectivity index is 0.00000264. The van der Waals surface area contributed by atoms with E-state index in [1.807, 2.05) is 0 Å². The molecule has 0 aliphatic carbocycles. The van der Waals surface area contributed by atoms with Crippen LogP contribution < -0.4 is 11.1 Å². The van der Waals surface area contributed by atoms with E-state index in [1.165, 1.54) is 12.1 Å². The van der Waals surface area contributed by atoms with Gasteiger partial charge in [0, 0.05) is 5.02 Å². The summed E-state index contributed by atoms with van der Waals surface area (Å²) in [5.74, 6) is -1.94. The number of hydrogen-bond acceptors (Lipinski definition) is 2. The van der Waals surface area contributed by atoms with Crippen molar-refractivity contribution in [3.05, 3.63) is 70.5 Å². The summed E-state index contributed by atoms with van der Waals surface area (Å²) in [6.45, 7) is 0. The highest BCUT2D eigenvalue weighted by Crippen LogP contribution is 2.28. The van der Waals surface area contributed by atoms with E-state index in [9.17, 15) is 9.18 Å². The van der Waals surface area contributed by atoms with Crippen molar-refractivity contribution in [1.82, 2.24) is 5.32 Å². The Morgan fingerprint density at radius 2 is 1.96 bits per heavy atom. The normalized spacial score (nSPS) is 11.2. The van der Waals surface area contributed by atoms with Crippen molar-refractivity contribution >= 4 is 35.9 Å². The van der Waals surface area contributed by atoms with E-state index in [0.717, 1.165) is 0 Å². The van der Waals surface area contributed by atoms with Crippen molar-refractivity contribution in [1.29, 1.82) is 5.41 Å². The first-order chi connectivity index (χ1) is 10.5. The molecule has 1 amide bonds. The van der Waals surface area contributed by atoms with Gasteiger partial charge in [-0.05, 0) is 35.7 Å². The zero-order chi connectivity index (χ0) is 16.1. The van der Waals surface area contributed by atoms with Gasteiger partial charge in [-0.3, -0.25) is 15.5 Å². The maximum Gasteiger partial charge on any atom is 0.234 e. The third-order valence-electron chi connectivity index (χ3n) is 3.18. The zero-order valence-corrected chi connectivity index (χ0v) is 13.6. The van der Waals surface area contributed by atoms with Crippen LogP contribution in [0.1, 0.15) is 17.0 Å². The lowest BCUT2D eigenvalue weighted by molar-refractivity contribution is -0.121. The molecular weight excluding hydrogens is 340 g/mol. The van der Waals surface area contributed by atoms with E-state index in [1.54, 1.807) is 36.4 Å². The smallest absolute Gasteiger partial charge is 0.234 e. The van der Waals surface area contributed by atoms with Crippen LogP contribution >= 0.6 is 24.0 Å². The number of guanidine groups is 1. The third kappa shape index (κ3) is 5.23. The Morgan fingerprint density at radius 1 is 1.26 bits per heavy atom. The molecule has 23 heavy (non-hydrogen) atoms. The molecule has 0 spiro atoms. The van der Waals surface area contributed by atoms with Gasteiger partial charge in [0.1, 0.15) is 5.82 Å². The number of nitrogens with one attached hydrogen (secondary N) is 2. The SMILES string of the molecule is Cl.N=C(N)NC(=O)[C@H](Cc1cccc(F)c1)c1ccccc1Cl. The quantitative estimate of drug-likeness (QED) is 0.581. The highest BCUT2D eigenvalue weighted by atomic mass is 35.5. The van der Waals surface area contributed by atoms with Crippen LogP contribution in [-0.2, 0) is 11.2 Å². The predicted octanol–water partition coefficient (Wildman–Crippen LogP) is 3.24. The fourth-order valence-corrected chi connectivity index (χ4v) is 2.49. The van der Waals surface area contributed by atoms with Crippen LogP contribution in [0.4, 0.5) is 4.39 Å². The summed E-state index contributed by atoms with van der Waals surface area (Å²) in [4.78, 5) is 12.3. The van der Waals surface area contributed by atoms with Crippen LogP contribution in [-0.4, -0.2) is 11.9 Å². The van der Waals surface area contributed by atoms with Gasteiger partial charge in [-0.2, -0.15) is 0 Å². The predicted molar refractivity (Wildman–Crippen MR) is 91.6 cm³/mol. The number of halogens is 3. The summed E-state index contributed by atoms with van der Waals surface area (Å²) in [5, 5.41) is 9.91. The number of nitrogens with two attached hydrogens (primary N) is 1. The topological polar surface area (TPSA) is 79.0 Å². The minimum Gasteiger partial charge on any atom is -0.370 e. The first kappa shape index (κ1) is 18.9. The Hall–Kier alpha value is -2.11. The largest absolute Gasteiger partial charge is 0.370 e. The number of carbonyl (C=O) groups excluding carboxylic acids is 1. The van der Waals surface area contributed by atoms with Crippen molar-refractivity contribution in [2.45, 2.75) is 12.3 Å². The lowest BCUT2D eigenvalue weighted by Crippen LogP contribution is -2.39. The van der Waals surface area contributed by atoms with Gasteiger partial charge in [-0.25, -0.2) is 4.39 Å². The van der Waals surface area contributed by atoms with Crippen LogP contribution in [0.25, 0.3) is 0 Å². The molecule has 0 radical (unpaired) electrons. The van der Waals surface area contributed by atoms with Crippen molar-refractivity contribution in [3.8, 4) is 0 Å². The van der Waals surface area contributed by atoms with E-state index in [4.69, 9.17) is 22.7 Å². The summed E-state index contributed by atoms with van der Waals surface area (Å²) in [6, 6.07) is 12.9. The molecule has 0 saturated heterocycles. The molecule has 2 rings (SSSR count). The second-order valence-electron chi connectivity index (χ2n) is 4.81. The van der Waals surface area contributed by atoms with Crippen LogP contribution in [0, 0.1) is 11.2 Å². The molecule has 2 aromatic rings. The summed E-state index contributed by atoms with van der Waals surface area (Å²) < 4.78 is 13.3. The van der Waals surface area contributed by atoms with Gasteiger partial charge in [0.05, 0.1) is 5.92 Å². The second-order valence-corrected chi connectivity index (χ2v) is 5.22. The van der Waals surface area contributed by atoms with Gasteiger partial charge in [-0.1, -0.05) is 41.9 Å². The first-order valence-electron chi connectivity index (χ1n) is 6.61. The Bertz CT molecular complexity index is 709. The number of benzene rings is 2. The van der Waals surface area contributed by atoms with E-state index in [2.05, 4.69) is 5.32 Å². The van der Waals surface area contributed by atoms with Crippen LogP contribution in [0.3, 0.4) is 0 Å². The fourth-order valence-electron chi connectivity index (χ4n) is 2.22. The van der Waals surface area contributed by atoms with Gasteiger partial charge in [0.2, 0.25) is 5.91 Å². The maximum atomic E-state index is 13.3. The molecule has 7 heteroatoms. The zero-order valence-electron chi connectivity index (χ0n) is 12.1. The lowest BCUT2D eigenvalue weighted by Gasteiger charge is -2.18. The van der Waals surface area contributed by atoms with Crippen molar-refractivity contribution < 1.29 is 9.18 Å². The molecule has 0 aromatic heterocycles. The molecule has 4 nitrogen and oxygen atoms in total. The molecule has 122 valence electrons. The number of amides is 1. The number of hydrogen-bond donors (Lipinski definition) is 3. The first-order valence-corrected chi connectivity index (χ1v) is 6.99. The van der Waals surface area contributed by atoms with Gasteiger partial charge in [-0.15, -0.1) is 12.4 Å². The fraction of sp³-hybridized carbons (Fsp3) is 0.125. The van der Waals surface area contributed by atoms with Gasteiger partial charge in [0.25, 0.3) is 0 Å². The van der Waals surface area contributed by atoms with Crippen molar-refractivity contribution in [3.63, 3.8) is 0 Å². The van der Waals surface area contributed by atoms with Crippen LogP contribution in [0.2, 0.25) is 5.02 Å². The van der Waals surface area contributed by atoms with Gasteiger partial charge < -0.3 is 5.73 Å². The van der Waals surface area contributed by atoms with Gasteiger partial charge in [0.15, 0.2) is 5.96 Å². The molecule has 0 saturated carbocycles. The Labute approximate surface area is 144 Å². The highest BCUT2D eigenvalue weighted by Gasteiger charge is 2.23. The maximum absolute atomic E-state index is 13.3. The second kappa shape index (κ2) is 8.50. The molecule has 0 aliphatic rings. The standard InChI is InChI=1S/C16H15ClFN3O.ClH/c17-14-7-2-1-6-12(14)13(15(22)21-16(19)20)9-10-4-3-5-11(18)8-10;/h1-8,13H,9H2,(H4,19,20,21,22);1H/t13-;/m1./s1. The van der Waals surface area contributed by atoms with Crippen molar-refractivity contribution in [2.75, 3.05) is 0 Å². The summed E-state index contributed by atoms with van der Waals surface area (Å²) in [6.07, 6.45) is 0.251.